The average Bonchev–Trinajstić information content (AvgIpc) is 3.16. The van der Waals surface area contributed by atoms with Gasteiger partial charge in [-0.1, -0.05) is 12.1 Å². The molecule has 0 bridgehead atoms. The Balaban J connectivity index is 1.66. The summed E-state index contributed by atoms with van der Waals surface area (Å²) in [5.74, 6) is -0.476. The Kier molecular flexibility index (Phi) is 5.00. The van der Waals surface area contributed by atoms with E-state index >= 15 is 0 Å². The van der Waals surface area contributed by atoms with Crippen molar-refractivity contribution in [3.8, 4) is 0 Å². The van der Waals surface area contributed by atoms with Crippen LogP contribution in [0.15, 0.2) is 52.3 Å². The Bertz CT molecular complexity index is 913. The van der Waals surface area contributed by atoms with Crippen LogP contribution in [0.5, 0.6) is 0 Å². The molecule has 0 spiro atoms. The molecule has 3 rings (SSSR count). The van der Waals surface area contributed by atoms with Gasteiger partial charge in [-0.2, -0.15) is 4.31 Å². The average molecular weight is 361 g/mol. The maximum absolute atomic E-state index is 12.5. The monoisotopic (exact) mass is 361 g/mol. The predicted molar refractivity (Wildman–Crippen MR) is 92.7 cm³/mol. The summed E-state index contributed by atoms with van der Waals surface area (Å²) in [6, 6.07) is 9.44. The predicted octanol–water partition coefficient (Wildman–Crippen LogP) is 1.09. The SMILES string of the molecule is O=C(NCc1ccc(S(=O)(=O)N2CCCC2)cc1)c1ccc[nH]c1=O. The van der Waals surface area contributed by atoms with Crippen LogP contribution in [0.4, 0.5) is 0 Å². The lowest BCUT2D eigenvalue weighted by Gasteiger charge is -2.15. The van der Waals surface area contributed by atoms with Gasteiger partial charge in [-0.3, -0.25) is 9.59 Å². The molecule has 2 heterocycles. The number of hydrogen-bond donors (Lipinski definition) is 2. The molecule has 2 aromatic rings. The van der Waals surface area contributed by atoms with Crippen molar-refractivity contribution in [2.75, 3.05) is 13.1 Å². The third-order valence-corrected chi connectivity index (χ3v) is 6.05. The van der Waals surface area contributed by atoms with E-state index in [2.05, 4.69) is 10.3 Å². The Labute approximate surface area is 145 Å². The Hall–Kier alpha value is -2.45. The van der Waals surface area contributed by atoms with E-state index in [9.17, 15) is 18.0 Å². The van der Waals surface area contributed by atoms with Crippen LogP contribution in [-0.4, -0.2) is 36.7 Å². The molecule has 0 unspecified atom stereocenters. The number of nitrogens with zero attached hydrogens (tertiary/aromatic N) is 1. The van der Waals surface area contributed by atoms with Crippen molar-refractivity contribution >= 4 is 15.9 Å². The zero-order chi connectivity index (χ0) is 17.9. The van der Waals surface area contributed by atoms with Crippen LogP contribution in [0.2, 0.25) is 0 Å². The minimum atomic E-state index is -3.43. The van der Waals surface area contributed by atoms with Crippen LogP contribution in [0, 0.1) is 0 Å². The lowest BCUT2D eigenvalue weighted by molar-refractivity contribution is 0.0949. The van der Waals surface area contributed by atoms with E-state index in [1.807, 2.05) is 0 Å². The Morgan fingerprint density at radius 3 is 2.44 bits per heavy atom. The first-order chi connectivity index (χ1) is 12.0. The van der Waals surface area contributed by atoms with Crippen LogP contribution in [-0.2, 0) is 16.6 Å². The van der Waals surface area contributed by atoms with Gasteiger partial charge in [0.05, 0.1) is 4.90 Å². The van der Waals surface area contributed by atoms with Gasteiger partial charge in [0, 0.05) is 25.8 Å². The molecule has 25 heavy (non-hydrogen) atoms. The number of carbonyl (C=O) groups is 1. The number of sulfonamides is 1. The summed E-state index contributed by atoms with van der Waals surface area (Å²) in [5, 5.41) is 2.65. The van der Waals surface area contributed by atoms with Crippen LogP contribution < -0.4 is 10.9 Å². The number of aromatic amines is 1. The first kappa shape index (κ1) is 17.4. The molecule has 1 aliphatic rings. The molecule has 0 atom stereocenters. The van der Waals surface area contributed by atoms with Gasteiger partial charge >= 0.3 is 0 Å². The maximum atomic E-state index is 12.5. The topological polar surface area (TPSA) is 99.3 Å². The molecule has 1 amide bonds. The third-order valence-electron chi connectivity index (χ3n) is 4.14. The van der Waals surface area contributed by atoms with Gasteiger partial charge in [0.25, 0.3) is 11.5 Å². The van der Waals surface area contributed by atoms with E-state index in [4.69, 9.17) is 0 Å². The summed E-state index contributed by atoms with van der Waals surface area (Å²) >= 11 is 0. The first-order valence-electron chi connectivity index (χ1n) is 8.03. The number of benzene rings is 1. The fourth-order valence-corrected chi connectivity index (χ4v) is 4.25. The van der Waals surface area contributed by atoms with Gasteiger partial charge < -0.3 is 10.3 Å². The highest BCUT2D eigenvalue weighted by atomic mass is 32.2. The molecule has 8 heteroatoms. The molecular formula is C17H19N3O4S. The van der Waals surface area contributed by atoms with Gasteiger partial charge in [-0.25, -0.2) is 8.42 Å². The normalized spacial score (nSPS) is 15.2. The lowest BCUT2D eigenvalue weighted by atomic mass is 10.2. The molecule has 0 radical (unpaired) electrons. The second-order valence-corrected chi connectivity index (χ2v) is 7.79. The van der Waals surface area contributed by atoms with Crippen LogP contribution in [0.1, 0.15) is 28.8 Å². The number of hydrogen-bond acceptors (Lipinski definition) is 4. The van der Waals surface area contributed by atoms with Crippen LogP contribution in [0.25, 0.3) is 0 Å². The molecule has 0 aliphatic carbocycles. The smallest absolute Gasteiger partial charge is 0.260 e. The van der Waals surface area contributed by atoms with E-state index in [0.717, 1.165) is 18.4 Å². The molecule has 2 N–H and O–H groups in total. The van der Waals surface area contributed by atoms with Gasteiger partial charge in [0.15, 0.2) is 0 Å². The Morgan fingerprint density at radius 1 is 1.12 bits per heavy atom. The summed E-state index contributed by atoms with van der Waals surface area (Å²) < 4.78 is 26.4. The van der Waals surface area contributed by atoms with Crippen molar-refractivity contribution in [3.05, 3.63) is 64.1 Å². The quantitative estimate of drug-likeness (QED) is 0.833. The van der Waals surface area contributed by atoms with E-state index in [1.54, 1.807) is 30.3 Å². The molecule has 1 aromatic carbocycles. The summed E-state index contributed by atoms with van der Waals surface area (Å²) in [5.41, 5.74) is 0.337. The van der Waals surface area contributed by atoms with Gasteiger partial charge in [0.1, 0.15) is 5.56 Å². The summed E-state index contributed by atoms with van der Waals surface area (Å²) in [7, 11) is -3.43. The molecule has 0 saturated carbocycles. The highest BCUT2D eigenvalue weighted by molar-refractivity contribution is 7.89. The Morgan fingerprint density at radius 2 is 1.80 bits per heavy atom. The third kappa shape index (κ3) is 3.80. The van der Waals surface area contributed by atoms with Crippen molar-refractivity contribution in [3.63, 3.8) is 0 Å². The summed E-state index contributed by atoms with van der Waals surface area (Å²) in [6.07, 6.45) is 3.24. The maximum Gasteiger partial charge on any atom is 0.260 e. The van der Waals surface area contributed by atoms with Crippen molar-refractivity contribution < 1.29 is 13.2 Å². The molecular weight excluding hydrogens is 342 g/mol. The largest absolute Gasteiger partial charge is 0.348 e. The molecule has 1 saturated heterocycles. The molecule has 1 aromatic heterocycles. The number of amides is 1. The van der Waals surface area contributed by atoms with Gasteiger partial charge in [-0.05, 0) is 42.7 Å². The fourth-order valence-electron chi connectivity index (χ4n) is 2.73. The lowest BCUT2D eigenvalue weighted by Crippen LogP contribution is -2.29. The van der Waals surface area contributed by atoms with E-state index in [0.29, 0.717) is 13.1 Å². The molecule has 7 nitrogen and oxygen atoms in total. The molecule has 132 valence electrons. The highest BCUT2D eigenvalue weighted by Gasteiger charge is 2.26. The minimum absolute atomic E-state index is 0.0377. The van der Waals surface area contributed by atoms with E-state index < -0.39 is 21.5 Å². The zero-order valence-corrected chi connectivity index (χ0v) is 14.4. The number of carbonyl (C=O) groups excluding carboxylic acids is 1. The first-order valence-corrected chi connectivity index (χ1v) is 9.47. The second-order valence-electron chi connectivity index (χ2n) is 5.85. The number of aromatic nitrogens is 1. The molecule has 1 aliphatic heterocycles. The second kappa shape index (κ2) is 7.20. The fraction of sp³-hybridized carbons (Fsp3) is 0.294. The number of rotatable bonds is 5. The van der Waals surface area contributed by atoms with Crippen LogP contribution in [0.3, 0.4) is 0 Å². The number of pyridine rings is 1. The van der Waals surface area contributed by atoms with Crippen molar-refractivity contribution in [2.45, 2.75) is 24.3 Å². The van der Waals surface area contributed by atoms with E-state index in [1.165, 1.54) is 16.6 Å². The molecule has 1 fully saturated rings. The summed E-state index contributed by atoms with van der Waals surface area (Å²) in [4.78, 5) is 26.3. The van der Waals surface area contributed by atoms with Crippen molar-refractivity contribution in [1.82, 2.24) is 14.6 Å². The summed E-state index contributed by atoms with van der Waals surface area (Å²) in [6.45, 7) is 1.33. The van der Waals surface area contributed by atoms with Crippen molar-refractivity contribution in [2.24, 2.45) is 0 Å². The van der Waals surface area contributed by atoms with Gasteiger partial charge in [0.2, 0.25) is 10.0 Å². The minimum Gasteiger partial charge on any atom is -0.348 e. The number of H-pyrrole nitrogens is 1. The van der Waals surface area contributed by atoms with Gasteiger partial charge in [-0.15, -0.1) is 0 Å². The zero-order valence-electron chi connectivity index (χ0n) is 13.6. The standard InChI is InChI=1S/C17H19N3O4S/c21-16-15(4-3-9-18-16)17(22)19-12-13-5-7-14(8-6-13)25(23,24)20-10-1-2-11-20/h3-9H,1-2,10-12H2,(H,18,21)(H,19,22). The van der Waals surface area contributed by atoms with Crippen LogP contribution >= 0.6 is 0 Å². The van der Waals surface area contributed by atoms with E-state index in [-0.39, 0.29) is 17.0 Å². The highest BCUT2D eigenvalue weighted by Crippen LogP contribution is 2.21. The van der Waals surface area contributed by atoms with Crippen molar-refractivity contribution in [1.29, 1.82) is 0 Å². The number of nitrogens with one attached hydrogen (secondary N) is 2.